The van der Waals surface area contributed by atoms with E-state index in [2.05, 4.69) is 20.8 Å². The monoisotopic (exact) mass is 529 g/mol. The first-order valence-corrected chi connectivity index (χ1v) is 11.4. The molecule has 0 spiro atoms. The number of benzene rings is 2. The van der Waals surface area contributed by atoms with Gasteiger partial charge in [0.2, 0.25) is 0 Å². The molecule has 1 heterocycles. The van der Waals surface area contributed by atoms with Gasteiger partial charge < -0.3 is 10.4 Å². The predicted octanol–water partition coefficient (Wildman–Crippen LogP) is 4.25. The van der Waals surface area contributed by atoms with Crippen molar-refractivity contribution >= 4 is 0 Å². The number of nitrogens with zero attached hydrogens (tertiary/aromatic N) is 4. The Kier molecular flexibility index (Phi) is 5.87. The van der Waals surface area contributed by atoms with Gasteiger partial charge in [0.05, 0.1) is 13.1 Å². The Morgan fingerprint density at radius 3 is 2.22 bits per heavy atom. The molecule has 2 bridgehead atoms. The molecule has 0 saturated heterocycles. The Balaban J connectivity index is 1.36. The fourth-order valence-electron chi connectivity index (χ4n) is 5.86. The number of nitrogens with one attached hydrogen (secondary N) is 1. The van der Waals surface area contributed by atoms with Gasteiger partial charge in [-0.1, -0.05) is 24.3 Å². The Labute approximate surface area is 206 Å². The zero-order valence-electron chi connectivity index (χ0n) is 19.2. The molecule has 13 heteroatoms. The molecule has 1 aromatic heterocycles. The largest absolute Gasteiger partial charge is 0.401 e. The maximum Gasteiger partial charge on any atom is 0.401 e. The number of tetrazole rings is 1. The van der Waals surface area contributed by atoms with Crippen molar-refractivity contribution in [2.24, 2.45) is 5.41 Å². The number of halogens is 7. The van der Waals surface area contributed by atoms with E-state index in [1.807, 2.05) is 0 Å². The molecule has 3 aliphatic rings. The highest BCUT2D eigenvalue weighted by Crippen LogP contribution is 2.80. The minimum atomic E-state index is -4.32. The number of rotatable bonds is 9. The van der Waals surface area contributed by atoms with Gasteiger partial charge >= 0.3 is 6.18 Å². The van der Waals surface area contributed by atoms with E-state index >= 15 is 8.78 Å². The molecular formula is C24H22F7N5O. The average molecular weight is 529 g/mol. The van der Waals surface area contributed by atoms with Gasteiger partial charge in [-0.15, -0.1) is 5.10 Å². The van der Waals surface area contributed by atoms with Crippen LogP contribution >= 0.6 is 0 Å². The Bertz CT molecular complexity index is 1260. The molecule has 1 unspecified atom stereocenters. The molecule has 37 heavy (non-hydrogen) atoms. The average Bonchev–Trinajstić information content (AvgIpc) is 3.24. The molecule has 3 fully saturated rings. The van der Waals surface area contributed by atoms with Crippen LogP contribution in [0.5, 0.6) is 0 Å². The predicted molar refractivity (Wildman–Crippen MR) is 115 cm³/mol. The fraction of sp³-hybridized carbons (Fsp3) is 0.458. The molecule has 3 aromatic rings. The third kappa shape index (κ3) is 4.17. The normalized spacial score (nSPS) is 24.8. The highest BCUT2D eigenvalue weighted by atomic mass is 19.4. The zero-order valence-corrected chi connectivity index (χ0v) is 19.2. The van der Waals surface area contributed by atoms with Crippen molar-refractivity contribution < 1.29 is 35.8 Å². The quantitative estimate of drug-likeness (QED) is 0.406. The van der Waals surface area contributed by atoms with Crippen molar-refractivity contribution in [2.75, 3.05) is 6.54 Å². The summed E-state index contributed by atoms with van der Waals surface area (Å²) in [6, 6.07) is 8.74. The van der Waals surface area contributed by atoms with E-state index in [1.165, 1.54) is 0 Å². The van der Waals surface area contributed by atoms with E-state index in [-0.39, 0.29) is 25.8 Å². The van der Waals surface area contributed by atoms with Crippen LogP contribution in [0, 0.1) is 17.0 Å². The fourth-order valence-corrected chi connectivity index (χ4v) is 5.86. The van der Waals surface area contributed by atoms with Gasteiger partial charge in [0.15, 0.2) is 5.60 Å². The smallest absolute Gasteiger partial charge is 0.377 e. The molecule has 3 saturated carbocycles. The lowest BCUT2D eigenvalue weighted by molar-refractivity contribution is -0.347. The lowest BCUT2D eigenvalue weighted by Crippen LogP contribution is -2.76. The third-order valence-electron chi connectivity index (χ3n) is 7.60. The highest BCUT2D eigenvalue weighted by molar-refractivity contribution is 5.43. The van der Waals surface area contributed by atoms with E-state index in [0.29, 0.717) is 11.6 Å². The van der Waals surface area contributed by atoms with Crippen LogP contribution in [0.1, 0.15) is 36.0 Å². The van der Waals surface area contributed by atoms with Crippen molar-refractivity contribution in [3.05, 3.63) is 77.1 Å². The summed E-state index contributed by atoms with van der Waals surface area (Å²) < 4.78 is 98.4. The summed E-state index contributed by atoms with van der Waals surface area (Å²) in [5.41, 5.74) is -4.66. The van der Waals surface area contributed by atoms with Crippen LogP contribution < -0.4 is 5.32 Å². The first kappa shape index (κ1) is 25.6. The number of aliphatic hydroxyl groups is 1. The van der Waals surface area contributed by atoms with Crippen molar-refractivity contribution in [1.82, 2.24) is 25.5 Å². The van der Waals surface area contributed by atoms with Crippen LogP contribution in [0.4, 0.5) is 30.7 Å². The Morgan fingerprint density at radius 1 is 0.973 bits per heavy atom. The summed E-state index contributed by atoms with van der Waals surface area (Å²) >= 11 is 0. The Hall–Kier alpha value is -3.06. The van der Waals surface area contributed by atoms with Gasteiger partial charge in [-0.2, -0.15) is 13.2 Å². The molecule has 198 valence electrons. The maximum atomic E-state index is 16.2. The van der Waals surface area contributed by atoms with Gasteiger partial charge in [0, 0.05) is 23.6 Å². The number of aromatic nitrogens is 4. The molecule has 2 aromatic carbocycles. The summed E-state index contributed by atoms with van der Waals surface area (Å²) in [7, 11) is 0. The van der Waals surface area contributed by atoms with Gasteiger partial charge in [0.25, 0.3) is 5.92 Å². The lowest BCUT2D eigenvalue weighted by atomic mass is 9.30. The van der Waals surface area contributed by atoms with Crippen LogP contribution in [0.3, 0.4) is 0 Å². The molecule has 2 N–H and O–H groups in total. The second-order valence-corrected chi connectivity index (χ2v) is 10.1. The summed E-state index contributed by atoms with van der Waals surface area (Å²) in [4.78, 5) is 0. The van der Waals surface area contributed by atoms with E-state index in [0.717, 1.165) is 28.7 Å². The molecule has 0 amide bonds. The van der Waals surface area contributed by atoms with E-state index in [1.54, 1.807) is 24.3 Å². The summed E-state index contributed by atoms with van der Waals surface area (Å²) in [6.45, 7) is -1.98. The second-order valence-electron chi connectivity index (χ2n) is 10.1. The topological polar surface area (TPSA) is 75.9 Å². The second kappa shape index (κ2) is 8.48. The highest BCUT2D eigenvalue weighted by Gasteiger charge is 2.82. The molecule has 0 radical (unpaired) electrons. The molecular weight excluding hydrogens is 507 g/mol. The van der Waals surface area contributed by atoms with E-state index in [4.69, 9.17) is 0 Å². The molecule has 1 atom stereocenters. The number of hydrogen-bond donors (Lipinski definition) is 2. The van der Waals surface area contributed by atoms with Gasteiger partial charge in [0.1, 0.15) is 18.0 Å². The van der Waals surface area contributed by atoms with E-state index < -0.39 is 58.8 Å². The van der Waals surface area contributed by atoms with Crippen LogP contribution in [0.2, 0.25) is 0 Å². The summed E-state index contributed by atoms with van der Waals surface area (Å²) in [5, 5.41) is 24.0. The Morgan fingerprint density at radius 2 is 1.65 bits per heavy atom. The molecule has 3 aliphatic carbocycles. The standard InChI is InChI=1S/C24H22F7N5O/c25-17-5-6-18(19(26)7-17)22(37,13-36-14-33-34-35-36)24(30,31)21-9-20(10-21,11-21)16-3-1-15(2-4-16)8-32-12-23(27,28)29/h1-7,14,32,37H,8-13H2. The number of alkyl halides is 5. The van der Waals surface area contributed by atoms with Crippen LogP contribution in [-0.4, -0.2) is 44.0 Å². The zero-order chi connectivity index (χ0) is 26.7. The molecule has 6 rings (SSSR count). The first-order valence-electron chi connectivity index (χ1n) is 11.4. The molecule has 6 nitrogen and oxygen atoms in total. The lowest BCUT2D eigenvalue weighted by Gasteiger charge is -2.74. The number of hydrogen-bond acceptors (Lipinski definition) is 5. The van der Waals surface area contributed by atoms with Gasteiger partial charge in [-0.25, -0.2) is 22.2 Å². The third-order valence-corrected chi connectivity index (χ3v) is 7.60. The van der Waals surface area contributed by atoms with Crippen molar-refractivity contribution in [2.45, 2.75) is 55.5 Å². The van der Waals surface area contributed by atoms with Gasteiger partial charge in [-0.3, -0.25) is 0 Å². The van der Waals surface area contributed by atoms with Crippen molar-refractivity contribution in [3.8, 4) is 0 Å². The van der Waals surface area contributed by atoms with Crippen LogP contribution in [-0.2, 0) is 24.1 Å². The summed E-state index contributed by atoms with van der Waals surface area (Å²) in [6.07, 6.45) is -3.27. The minimum Gasteiger partial charge on any atom is -0.377 e. The summed E-state index contributed by atoms with van der Waals surface area (Å²) in [5.74, 6) is -6.13. The van der Waals surface area contributed by atoms with E-state index in [9.17, 15) is 27.1 Å². The van der Waals surface area contributed by atoms with Crippen molar-refractivity contribution in [3.63, 3.8) is 0 Å². The first-order chi connectivity index (χ1) is 17.3. The minimum absolute atomic E-state index is 0.00219. The molecule has 0 aliphatic heterocycles. The SMILES string of the molecule is OC(Cn1cnnn1)(c1ccc(F)cc1F)C(F)(F)C12CC(c3ccc(CNCC(F)(F)F)cc3)(C1)C2. The van der Waals surface area contributed by atoms with Crippen LogP contribution in [0.15, 0.2) is 48.8 Å². The maximum absolute atomic E-state index is 16.2. The van der Waals surface area contributed by atoms with Crippen LogP contribution in [0.25, 0.3) is 0 Å². The van der Waals surface area contributed by atoms with Gasteiger partial charge in [-0.05, 0) is 58.4 Å². The van der Waals surface area contributed by atoms with Crippen molar-refractivity contribution in [1.29, 1.82) is 0 Å².